The number of thiol groups is 1. The largest absolute Gasteiger partial charge is 0.381 e. The van der Waals surface area contributed by atoms with Crippen molar-refractivity contribution in [3.63, 3.8) is 0 Å². The van der Waals surface area contributed by atoms with Crippen molar-refractivity contribution in [2.45, 2.75) is 55.5 Å². The number of hydrogen-bond acceptors (Lipinski definition) is 7. The zero-order valence-electron chi connectivity index (χ0n) is 22.0. The standard InChI is InChI=1S/C29H31F3N6OS/c1-16-10-17(11-23(33)27(16)40)20-4-7-34-15-25(20)36-28-35-14-19-2-3-24(37-38(19)28)26-21(30)12-18(13-22(26)31)29(32)5-8-39-9-6-29/h2-4,7,12-17,23,27,40H,5-6,8-11,33H2,1H3,(H,35,36)/t16-,17+,23+,27+/m0/s1. The van der Waals surface area contributed by atoms with Gasteiger partial charge in [-0.3, -0.25) is 4.98 Å². The van der Waals surface area contributed by atoms with Crippen LogP contribution in [-0.4, -0.2) is 44.1 Å². The van der Waals surface area contributed by atoms with Gasteiger partial charge in [0.15, 0.2) is 0 Å². The van der Waals surface area contributed by atoms with Gasteiger partial charge in [-0.15, -0.1) is 0 Å². The van der Waals surface area contributed by atoms with Gasteiger partial charge in [0.25, 0.3) is 0 Å². The summed E-state index contributed by atoms with van der Waals surface area (Å²) in [7, 11) is 0. The second kappa shape index (κ2) is 10.7. The number of nitrogens with one attached hydrogen (secondary N) is 1. The minimum Gasteiger partial charge on any atom is -0.381 e. The first-order valence-electron chi connectivity index (χ1n) is 13.5. The molecule has 1 aliphatic carbocycles. The molecule has 1 saturated carbocycles. The summed E-state index contributed by atoms with van der Waals surface area (Å²) in [5.41, 5.74) is 6.73. The molecule has 11 heteroatoms. The molecule has 2 fully saturated rings. The predicted octanol–water partition coefficient (Wildman–Crippen LogP) is 5.93. The Morgan fingerprint density at radius 1 is 1.10 bits per heavy atom. The van der Waals surface area contributed by atoms with Crippen LogP contribution in [0.1, 0.15) is 49.7 Å². The Bertz CT molecular complexity index is 1510. The summed E-state index contributed by atoms with van der Waals surface area (Å²) < 4.78 is 52.7. The average Bonchev–Trinajstić information content (AvgIpc) is 3.33. The monoisotopic (exact) mass is 568 g/mol. The van der Waals surface area contributed by atoms with Gasteiger partial charge in [-0.2, -0.15) is 22.2 Å². The fourth-order valence-corrected chi connectivity index (χ4v) is 6.22. The number of nitrogens with zero attached hydrogens (tertiary/aromatic N) is 4. The summed E-state index contributed by atoms with van der Waals surface area (Å²) in [6.07, 6.45) is 6.93. The molecule has 1 aliphatic heterocycles. The van der Waals surface area contributed by atoms with E-state index in [1.54, 1.807) is 24.7 Å². The first-order valence-corrected chi connectivity index (χ1v) is 14.0. The topological polar surface area (TPSA) is 90.4 Å². The van der Waals surface area contributed by atoms with Gasteiger partial charge in [-0.05, 0) is 66.1 Å². The van der Waals surface area contributed by atoms with Gasteiger partial charge in [0.2, 0.25) is 5.95 Å². The second-order valence-electron chi connectivity index (χ2n) is 10.9. The number of imidazole rings is 1. The average molecular weight is 569 g/mol. The van der Waals surface area contributed by atoms with Gasteiger partial charge in [-0.1, -0.05) is 6.92 Å². The molecule has 3 aromatic heterocycles. The molecule has 4 atom stereocenters. The third kappa shape index (κ3) is 4.95. The van der Waals surface area contributed by atoms with Crippen LogP contribution >= 0.6 is 12.6 Å². The van der Waals surface area contributed by atoms with Crippen LogP contribution in [0.2, 0.25) is 0 Å². The van der Waals surface area contributed by atoms with E-state index >= 15 is 13.2 Å². The second-order valence-corrected chi connectivity index (χ2v) is 11.5. The maximum atomic E-state index is 15.4. The highest BCUT2D eigenvalue weighted by Crippen LogP contribution is 2.41. The zero-order chi connectivity index (χ0) is 28.0. The van der Waals surface area contributed by atoms with Crippen LogP contribution in [0, 0.1) is 17.6 Å². The lowest BCUT2D eigenvalue weighted by molar-refractivity contribution is -0.0117. The van der Waals surface area contributed by atoms with Crippen molar-refractivity contribution in [2.24, 2.45) is 11.7 Å². The molecule has 7 nitrogen and oxygen atoms in total. The fourth-order valence-electron chi connectivity index (χ4n) is 5.98. The Hall–Kier alpha value is -3.15. The molecule has 6 rings (SSSR count). The van der Waals surface area contributed by atoms with Crippen molar-refractivity contribution in [1.29, 1.82) is 0 Å². The van der Waals surface area contributed by atoms with Gasteiger partial charge in [0.05, 0.1) is 34.9 Å². The van der Waals surface area contributed by atoms with Crippen molar-refractivity contribution in [3.8, 4) is 11.3 Å². The first kappa shape index (κ1) is 27.0. The van der Waals surface area contributed by atoms with E-state index in [2.05, 4.69) is 39.9 Å². The van der Waals surface area contributed by atoms with Crippen LogP contribution in [0.25, 0.3) is 16.8 Å². The molecule has 0 radical (unpaired) electrons. The molecule has 1 aromatic carbocycles. The molecule has 0 spiro atoms. The van der Waals surface area contributed by atoms with E-state index in [1.165, 1.54) is 10.6 Å². The highest BCUT2D eigenvalue weighted by Gasteiger charge is 2.36. The number of benzene rings is 1. The van der Waals surface area contributed by atoms with Crippen molar-refractivity contribution >= 4 is 29.8 Å². The number of halogens is 3. The molecule has 0 unspecified atom stereocenters. The van der Waals surface area contributed by atoms with Crippen molar-refractivity contribution < 1.29 is 17.9 Å². The number of fused-ring (bicyclic) bond motifs is 1. The molecule has 4 heterocycles. The lowest BCUT2D eigenvalue weighted by Crippen LogP contribution is -2.41. The van der Waals surface area contributed by atoms with E-state index in [1.807, 2.05) is 6.07 Å². The van der Waals surface area contributed by atoms with Gasteiger partial charge < -0.3 is 15.8 Å². The van der Waals surface area contributed by atoms with Crippen LogP contribution < -0.4 is 11.1 Å². The number of rotatable bonds is 5. The third-order valence-electron chi connectivity index (χ3n) is 8.26. The number of hydrogen-bond donors (Lipinski definition) is 3. The molecule has 0 bridgehead atoms. The van der Waals surface area contributed by atoms with Gasteiger partial charge in [0, 0.05) is 43.5 Å². The van der Waals surface area contributed by atoms with Crippen LogP contribution in [0.5, 0.6) is 0 Å². The number of aromatic nitrogens is 4. The number of nitrogens with two attached hydrogens (primary N) is 1. The lowest BCUT2D eigenvalue weighted by Gasteiger charge is -2.37. The van der Waals surface area contributed by atoms with Crippen molar-refractivity contribution in [2.75, 3.05) is 18.5 Å². The predicted molar refractivity (Wildman–Crippen MR) is 151 cm³/mol. The summed E-state index contributed by atoms with van der Waals surface area (Å²) in [4.78, 5) is 8.75. The normalized spacial score (nSPS) is 24.8. The molecule has 4 aromatic rings. The van der Waals surface area contributed by atoms with E-state index in [0.717, 1.165) is 36.2 Å². The first-order chi connectivity index (χ1) is 19.2. The van der Waals surface area contributed by atoms with Crippen LogP contribution in [0.15, 0.2) is 48.9 Å². The number of pyridine rings is 1. The summed E-state index contributed by atoms with van der Waals surface area (Å²) in [5.74, 6) is -0.817. The van der Waals surface area contributed by atoms with Gasteiger partial charge >= 0.3 is 0 Å². The van der Waals surface area contributed by atoms with E-state index in [-0.39, 0.29) is 60.1 Å². The van der Waals surface area contributed by atoms with Gasteiger partial charge in [-0.25, -0.2) is 18.2 Å². The molecule has 40 heavy (non-hydrogen) atoms. The molecular weight excluding hydrogens is 537 g/mol. The Morgan fingerprint density at radius 3 is 2.58 bits per heavy atom. The number of alkyl halides is 1. The smallest absolute Gasteiger partial charge is 0.229 e. The van der Waals surface area contributed by atoms with Crippen molar-refractivity contribution in [3.05, 3.63) is 71.7 Å². The molecule has 1 saturated heterocycles. The fraction of sp³-hybridized carbons (Fsp3) is 0.414. The van der Waals surface area contributed by atoms with Crippen LogP contribution in [-0.2, 0) is 10.4 Å². The third-order valence-corrected chi connectivity index (χ3v) is 9.15. The minimum atomic E-state index is -1.83. The molecule has 2 aliphatic rings. The summed E-state index contributed by atoms with van der Waals surface area (Å²) >= 11 is 4.68. The van der Waals surface area contributed by atoms with E-state index in [9.17, 15) is 0 Å². The SMILES string of the molecule is C[C@H]1C[C@@H](c2ccncc2Nc2ncc3ccc(-c4c(F)cc(C5(F)CCOCC5)cc4F)nn23)C[C@@H](N)[C@@H]1S. The Morgan fingerprint density at radius 2 is 1.85 bits per heavy atom. The van der Waals surface area contributed by atoms with Gasteiger partial charge in [0.1, 0.15) is 17.3 Å². The molecule has 0 amide bonds. The van der Waals surface area contributed by atoms with Crippen LogP contribution in [0.3, 0.4) is 0 Å². The minimum absolute atomic E-state index is 0.0225. The maximum Gasteiger partial charge on any atom is 0.229 e. The summed E-state index contributed by atoms with van der Waals surface area (Å²) in [5, 5.41) is 7.97. The molecule has 3 N–H and O–H groups in total. The highest BCUT2D eigenvalue weighted by atomic mass is 32.1. The Labute approximate surface area is 235 Å². The van der Waals surface area contributed by atoms with E-state index in [4.69, 9.17) is 10.5 Å². The zero-order valence-corrected chi connectivity index (χ0v) is 22.9. The number of anilines is 2. The molecule has 210 valence electrons. The van der Waals surface area contributed by atoms with E-state index in [0.29, 0.717) is 17.4 Å². The Balaban J connectivity index is 1.33. The number of ether oxygens (including phenoxy) is 1. The lowest BCUT2D eigenvalue weighted by atomic mass is 9.76. The highest BCUT2D eigenvalue weighted by molar-refractivity contribution is 7.81. The quantitative estimate of drug-likeness (QED) is 0.259. The maximum absolute atomic E-state index is 15.4. The summed E-state index contributed by atoms with van der Waals surface area (Å²) in [6.45, 7) is 2.57. The molecular formula is C29H31F3N6OS. The van der Waals surface area contributed by atoms with Crippen LogP contribution in [0.4, 0.5) is 24.8 Å². The van der Waals surface area contributed by atoms with Crippen molar-refractivity contribution in [1.82, 2.24) is 19.6 Å². The van der Waals surface area contributed by atoms with E-state index < -0.39 is 17.3 Å². The summed E-state index contributed by atoms with van der Waals surface area (Å²) in [6, 6.07) is 7.29. The Kier molecular flexibility index (Phi) is 7.22.